The second kappa shape index (κ2) is 11.4. The number of nitriles is 1. The maximum Gasteiger partial charge on any atom is 0.120 e. The smallest absolute Gasteiger partial charge is 0.120 e. The van der Waals surface area contributed by atoms with Crippen LogP contribution >= 0.6 is 46.4 Å². The van der Waals surface area contributed by atoms with Gasteiger partial charge in [-0.25, -0.2) is 0 Å². The van der Waals surface area contributed by atoms with Crippen molar-refractivity contribution in [2.45, 2.75) is 11.3 Å². The molecule has 0 saturated heterocycles. The summed E-state index contributed by atoms with van der Waals surface area (Å²) in [6, 6.07) is 1.80. The first-order valence-electron chi connectivity index (χ1n) is 1.96. The van der Waals surface area contributed by atoms with Crippen LogP contribution in [-0.4, -0.2) is 10.2 Å². The molecule has 0 aliphatic heterocycles. The van der Waals surface area contributed by atoms with Crippen LogP contribution in [0.1, 0.15) is 6.42 Å². The summed E-state index contributed by atoms with van der Waals surface area (Å²) in [5, 5.41) is 8.01. The summed E-state index contributed by atoms with van der Waals surface area (Å²) in [5.41, 5.74) is 0. The molecule has 0 aliphatic carbocycles. The molecule has 0 fully saturated rings. The minimum Gasteiger partial charge on any atom is -0.198 e. The average Bonchev–Trinajstić information content (AvgIpc) is 1.67. The van der Waals surface area contributed by atoms with Crippen molar-refractivity contribution in [3.8, 4) is 6.07 Å². The summed E-state index contributed by atoms with van der Waals surface area (Å²) in [7, 11) is 0. The van der Waals surface area contributed by atoms with Gasteiger partial charge in [0.2, 0.25) is 0 Å². The lowest BCUT2D eigenvalue weighted by Crippen LogP contribution is -1.78. The summed E-state index contributed by atoms with van der Waals surface area (Å²) < 4.78 is 0. The third-order valence-electron chi connectivity index (χ3n) is 0.246. The Balaban J connectivity index is 0. The fraction of sp³-hybridized carbons (Fsp3) is 0.750. The Labute approximate surface area is 74.4 Å². The van der Waals surface area contributed by atoms with E-state index in [-0.39, 0.29) is 11.8 Å². The Bertz CT molecular complexity index is 77.1. The van der Waals surface area contributed by atoms with Gasteiger partial charge in [0, 0.05) is 0 Å². The van der Waals surface area contributed by atoms with Gasteiger partial charge in [0.15, 0.2) is 0 Å². The van der Waals surface area contributed by atoms with E-state index in [4.69, 9.17) is 51.7 Å². The molecule has 0 aromatic carbocycles. The van der Waals surface area contributed by atoms with Crippen LogP contribution in [0.3, 0.4) is 0 Å². The molecule has 0 atom stereocenters. The van der Waals surface area contributed by atoms with Crippen LogP contribution in [0.15, 0.2) is 0 Å². The van der Waals surface area contributed by atoms with Crippen LogP contribution in [0.4, 0.5) is 0 Å². The summed E-state index contributed by atoms with van der Waals surface area (Å²) in [5.74, 6) is 0. The van der Waals surface area contributed by atoms with Gasteiger partial charge < -0.3 is 0 Å². The lowest BCUT2D eigenvalue weighted by molar-refractivity contribution is 1.16. The fourth-order valence-corrected chi connectivity index (χ4v) is 0.207. The van der Waals surface area contributed by atoms with Crippen molar-refractivity contribution in [1.82, 2.24) is 0 Å². The Morgan fingerprint density at radius 3 is 1.67 bits per heavy atom. The predicted molar refractivity (Wildman–Crippen MR) is 42.3 cm³/mol. The summed E-state index contributed by atoms with van der Waals surface area (Å²) in [6.07, 6.45) is 0.211. The number of hydrogen-bond acceptors (Lipinski definition) is 1. The highest BCUT2D eigenvalue weighted by Crippen LogP contribution is 2.03. The van der Waals surface area contributed by atoms with E-state index in [0.29, 0.717) is 0 Å². The normalized spacial score (nSPS) is 7.56. The second-order valence-electron chi connectivity index (χ2n) is 0.854. The number of hydrogen-bond donors (Lipinski definition) is 0. The molecule has 0 spiro atoms. The Morgan fingerprint density at radius 1 is 1.33 bits per heavy atom. The van der Waals surface area contributed by atoms with Crippen LogP contribution < -0.4 is 0 Å². The molecular formula is C4H5Cl4N. The summed E-state index contributed by atoms with van der Waals surface area (Å²) in [4.78, 5) is -0.519. The Hall–Kier alpha value is 0.650. The van der Waals surface area contributed by atoms with Crippen molar-refractivity contribution < 1.29 is 0 Å². The minimum atomic E-state index is -0.519. The highest BCUT2D eigenvalue weighted by Gasteiger charge is 1.91. The number of alkyl halides is 4. The second-order valence-corrected chi connectivity index (χ2v) is 2.94. The standard InChI is InChI=1S/C3H3Cl2N.CH2Cl2/c4-3(5)1-2-6;2-1-3/h3H,1H2;1H2. The molecule has 1 nitrogen and oxygen atoms in total. The molecule has 0 heterocycles. The molecule has 0 aromatic rings. The molecule has 0 amide bonds. The van der Waals surface area contributed by atoms with E-state index in [1.165, 1.54) is 0 Å². The number of halogens is 4. The molecular weight excluding hydrogens is 204 g/mol. The maximum absolute atomic E-state index is 7.82. The molecule has 9 heavy (non-hydrogen) atoms. The first-order valence-corrected chi connectivity index (χ1v) is 3.90. The zero-order chi connectivity index (χ0) is 7.70. The largest absolute Gasteiger partial charge is 0.198 e. The van der Waals surface area contributed by atoms with Crippen LogP contribution in [0, 0.1) is 11.3 Å². The van der Waals surface area contributed by atoms with Gasteiger partial charge in [-0.3, -0.25) is 0 Å². The van der Waals surface area contributed by atoms with Crippen molar-refractivity contribution in [3.63, 3.8) is 0 Å². The molecule has 0 N–H and O–H groups in total. The van der Waals surface area contributed by atoms with Crippen molar-refractivity contribution in [3.05, 3.63) is 0 Å². The van der Waals surface area contributed by atoms with Crippen molar-refractivity contribution in [1.29, 1.82) is 5.26 Å². The van der Waals surface area contributed by atoms with Crippen molar-refractivity contribution in [2.24, 2.45) is 0 Å². The van der Waals surface area contributed by atoms with E-state index in [1.54, 1.807) is 6.07 Å². The summed E-state index contributed by atoms with van der Waals surface area (Å²) in [6.45, 7) is 0. The molecule has 5 heteroatoms. The highest BCUT2D eigenvalue weighted by molar-refractivity contribution is 6.44. The van der Waals surface area contributed by atoms with E-state index in [1.807, 2.05) is 0 Å². The Morgan fingerprint density at radius 2 is 1.67 bits per heavy atom. The number of rotatable bonds is 1. The van der Waals surface area contributed by atoms with Gasteiger partial charge in [0.25, 0.3) is 0 Å². The van der Waals surface area contributed by atoms with E-state index >= 15 is 0 Å². The lowest BCUT2D eigenvalue weighted by Gasteiger charge is -1.82. The van der Waals surface area contributed by atoms with Gasteiger partial charge >= 0.3 is 0 Å². The van der Waals surface area contributed by atoms with Gasteiger partial charge in [-0.15, -0.1) is 46.4 Å². The molecule has 0 aromatic heterocycles. The third kappa shape index (κ3) is 28.7. The highest BCUT2D eigenvalue weighted by atomic mass is 35.5. The Kier molecular flexibility index (Phi) is 15.7. The van der Waals surface area contributed by atoms with E-state index in [2.05, 4.69) is 0 Å². The van der Waals surface area contributed by atoms with Crippen molar-refractivity contribution in [2.75, 3.05) is 5.34 Å². The van der Waals surface area contributed by atoms with Crippen molar-refractivity contribution >= 4 is 46.4 Å². The molecule has 0 radical (unpaired) electrons. The molecule has 0 aliphatic rings. The molecule has 0 saturated carbocycles. The molecule has 54 valence electrons. The predicted octanol–water partition coefficient (Wildman–Crippen LogP) is 3.13. The lowest BCUT2D eigenvalue weighted by atomic mass is 10.6. The van der Waals surface area contributed by atoms with Crippen LogP contribution in [0.2, 0.25) is 0 Å². The van der Waals surface area contributed by atoms with Gasteiger partial charge in [0.1, 0.15) is 4.84 Å². The van der Waals surface area contributed by atoms with Crippen LogP contribution in [0.5, 0.6) is 0 Å². The average molecular weight is 209 g/mol. The monoisotopic (exact) mass is 207 g/mol. The van der Waals surface area contributed by atoms with E-state index in [9.17, 15) is 0 Å². The zero-order valence-corrected chi connectivity index (χ0v) is 7.47. The molecule has 0 rings (SSSR count). The topological polar surface area (TPSA) is 23.8 Å². The quantitative estimate of drug-likeness (QED) is 0.608. The van der Waals surface area contributed by atoms with Gasteiger partial charge in [-0.1, -0.05) is 0 Å². The van der Waals surface area contributed by atoms with Crippen LogP contribution in [0.25, 0.3) is 0 Å². The van der Waals surface area contributed by atoms with E-state index < -0.39 is 4.84 Å². The minimum absolute atomic E-state index is 0.194. The first-order chi connectivity index (χ1) is 4.18. The van der Waals surface area contributed by atoms with Gasteiger partial charge in [-0.2, -0.15) is 5.26 Å². The van der Waals surface area contributed by atoms with Gasteiger partial charge in [-0.05, 0) is 0 Å². The zero-order valence-electron chi connectivity index (χ0n) is 4.45. The molecule has 0 unspecified atom stereocenters. The fourth-order valence-electron chi connectivity index (χ4n) is 0.0690. The maximum atomic E-state index is 7.82. The number of nitrogens with zero attached hydrogens (tertiary/aromatic N) is 1. The molecule has 0 bridgehead atoms. The summed E-state index contributed by atoms with van der Waals surface area (Å²) >= 11 is 19.8. The third-order valence-corrected chi connectivity index (χ3v) is 0.554. The van der Waals surface area contributed by atoms with Crippen LogP contribution in [-0.2, 0) is 0 Å². The van der Waals surface area contributed by atoms with E-state index in [0.717, 1.165) is 0 Å². The first kappa shape index (κ1) is 12.3. The van der Waals surface area contributed by atoms with Gasteiger partial charge in [0.05, 0.1) is 17.8 Å². The SMILES string of the molecule is ClCCl.N#CCC(Cl)Cl.